The van der Waals surface area contributed by atoms with Gasteiger partial charge in [-0.2, -0.15) is 0 Å². The molecule has 0 amide bonds. The Morgan fingerprint density at radius 2 is 2.00 bits per heavy atom. The fraction of sp³-hybridized carbons (Fsp3) is 0.636. The van der Waals surface area contributed by atoms with E-state index in [2.05, 4.69) is 5.32 Å². The highest BCUT2D eigenvalue weighted by molar-refractivity contribution is 7.94. The second-order valence-corrected chi connectivity index (χ2v) is 7.64. The Bertz CT molecular complexity index is 417. The van der Waals surface area contributed by atoms with Crippen molar-refractivity contribution in [1.82, 2.24) is 5.32 Å². The van der Waals surface area contributed by atoms with Gasteiger partial charge >= 0.3 is 0 Å². The number of sulfone groups is 1. The van der Waals surface area contributed by atoms with E-state index in [-0.39, 0.29) is 5.25 Å². The van der Waals surface area contributed by atoms with Gasteiger partial charge in [-0.15, -0.1) is 11.3 Å². The van der Waals surface area contributed by atoms with Gasteiger partial charge in [0.25, 0.3) is 0 Å². The SMILES string of the molecule is CNC1CCC(S(=O)(=O)c2cccs2)CC1. The molecule has 0 bridgehead atoms. The van der Waals surface area contributed by atoms with Crippen molar-refractivity contribution in [1.29, 1.82) is 0 Å². The van der Waals surface area contributed by atoms with Gasteiger partial charge in [-0.05, 0) is 44.2 Å². The molecule has 0 spiro atoms. The first-order chi connectivity index (χ1) is 7.64. The van der Waals surface area contributed by atoms with Crippen LogP contribution >= 0.6 is 11.3 Å². The van der Waals surface area contributed by atoms with Crippen molar-refractivity contribution in [3.05, 3.63) is 17.5 Å². The molecule has 0 aromatic carbocycles. The summed E-state index contributed by atoms with van der Waals surface area (Å²) in [6, 6.07) is 4.01. The molecular weight excluding hydrogens is 242 g/mol. The Morgan fingerprint density at radius 1 is 1.31 bits per heavy atom. The number of thiophene rings is 1. The van der Waals surface area contributed by atoms with Gasteiger partial charge in [-0.25, -0.2) is 8.42 Å². The van der Waals surface area contributed by atoms with Crippen LogP contribution in [0.1, 0.15) is 25.7 Å². The number of nitrogens with one attached hydrogen (secondary N) is 1. The lowest BCUT2D eigenvalue weighted by Crippen LogP contribution is -2.35. The van der Waals surface area contributed by atoms with E-state index >= 15 is 0 Å². The third kappa shape index (κ3) is 2.31. The van der Waals surface area contributed by atoms with Crippen LogP contribution in [0, 0.1) is 0 Å². The largest absolute Gasteiger partial charge is 0.317 e. The Hall–Kier alpha value is -0.390. The standard InChI is InChI=1S/C11H17NO2S2/c1-12-9-4-6-10(7-5-9)16(13,14)11-3-2-8-15-11/h2-3,8-10,12H,4-7H2,1H3. The first kappa shape index (κ1) is 12.1. The van der Waals surface area contributed by atoms with E-state index in [0.717, 1.165) is 25.7 Å². The third-order valence-electron chi connectivity index (χ3n) is 3.30. The molecule has 90 valence electrons. The molecule has 1 N–H and O–H groups in total. The second-order valence-electron chi connectivity index (χ2n) is 4.24. The summed E-state index contributed by atoms with van der Waals surface area (Å²) < 4.78 is 25.0. The van der Waals surface area contributed by atoms with Gasteiger partial charge in [0.15, 0.2) is 9.84 Å². The van der Waals surface area contributed by atoms with E-state index in [0.29, 0.717) is 10.3 Å². The molecule has 3 nitrogen and oxygen atoms in total. The Morgan fingerprint density at radius 3 is 2.50 bits per heavy atom. The van der Waals surface area contributed by atoms with E-state index in [1.54, 1.807) is 12.1 Å². The molecule has 1 aromatic heterocycles. The van der Waals surface area contributed by atoms with E-state index in [1.165, 1.54) is 11.3 Å². The zero-order valence-corrected chi connectivity index (χ0v) is 11.0. The zero-order chi connectivity index (χ0) is 11.6. The predicted octanol–water partition coefficient (Wildman–Crippen LogP) is 2.05. The van der Waals surface area contributed by atoms with Crippen LogP contribution in [0.25, 0.3) is 0 Å². The fourth-order valence-electron chi connectivity index (χ4n) is 2.25. The van der Waals surface area contributed by atoms with Crippen LogP contribution in [-0.4, -0.2) is 26.8 Å². The van der Waals surface area contributed by atoms with Gasteiger partial charge in [-0.1, -0.05) is 6.07 Å². The van der Waals surface area contributed by atoms with E-state index < -0.39 is 9.84 Å². The molecule has 5 heteroatoms. The van der Waals surface area contributed by atoms with Crippen molar-refractivity contribution in [2.24, 2.45) is 0 Å². The van der Waals surface area contributed by atoms with Crippen LogP contribution in [-0.2, 0) is 9.84 Å². The first-order valence-electron chi connectivity index (χ1n) is 5.59. The molecule has 0 radical (unpaired) electrons. The summed E-state index contributed by atoms with van der Waals surface area (Å²) >= 11 is 1.33. The maximum Gasteiger partial charge on any atom is 0.190 e. The lowest BCUT2D eigenvalue weighted by molar-refractivity contribution is 0.391. The molecule has 16 heavy (non-hydrogen) atoms. The maximum absolute atomic E-state index is 12.2. The summed E-state index contributed by atoms with van der Waals surface area (Å²) in [4.78, 5) is 0. The van der Waals surface area contributed by atoms with Crippen molar-refractivity contribution in [2.45, 2.75) is 41.2 Å². The van der Waals surface area contributed by atoms with Gasteiger partial charge in [0.2, 0.25) is 0 Å². The van der Waals surface area contributed by atoms with Gasteiger partial charge in [0.1, 0.15) is 4.21 Å². The second kappa shape index (κ2) is 4.85. The molecule has 1 aliphatic rings. The first-order valence-corrected chi connectivity index (χ1v) is 8.02. The van der Waals surface area contributed by atoms with Gasteiger partial charge in [0.05, 0.1) is 5.25 Å². The summed E-state index contributed by atoms with van der Waals surface area (Å²) in [6.45, 7) is 0. The van der Waals surface area contributed by atoms with Crippen LogP contribution in [0.15, 0.2) is 21.7 Å². The van der Waals surface area contributed by atoms with Crippen molar-refractivity contribution < 1.29 is 8.42 Å². The van der Waals surface area contributed by atoms with Crippen LogP contribution in [0.3, 0.4) is 0 Å². The van der Waals surface area contributed by atoms with Gasteiger partial charge in [-0.3, -0.25) is 0 Å². The smallest absolute Gasteiger partial charge is 0.190 e. The number of hydrogen-bond donors (Lipinski definition) is 1. The Balaban J connectivity index is 2.09. The van der Waals surface area contributed by atoms with Crippen LogP contribution in [0.5, 0.6) is 0 Å². The number of rotatable bonds is 3. The highest BCUT2D eigenvalue weighted by Crippen LogP contribution is 2.30. The van der Waals surface area contributed by atoms with Crippen LogP contribution < -0.4 is 5.32 Å². The molecule has 0 saturated heterocycles. The average Bonchev–Trinajstić information content (AvgIpc) is 2.83. The van der Waals surface area contributed by atoms with Gasteiger partial charge in [0, 0.05) is 6.04 Å². The number of hydrogen-bond acceptors (Lipinski definition) is 4. The van der Waals surface area contributed by atoms with E-state index in [9.17, 15) is 8.42 Å². The monoisotopic (exact) mass is 259 g/mol. The molecule has 1 heterocycles. The molecule has 1 fully saturated rings. The summed E-state index contributed by atoms with van der Waals surface area (Å²) in [7, 11) is -1.12. The molecular formula is C11H17NO2S2. The van der Waals surface area contributed by atoms with Crippen molar-refractivity contribution in [2.75, 3.05) is 7.05 Å². The lowest BCUT2D eigenvalue weighted by atomic mass is 9.95. The van der Waals surface area contributed by atoms with Crippen molar-refractivity contribution in [3.63, 3.8) is 0 Å². The van der Waals surface area contributed by atoms with Gasteiger partial charge < -0.3 is 5.32 Å². The molecule has 1 aliphatic carbocycles. The topological polar surface area (TPSA) is 46.2 Å². The predicted molar refractivity (Wildman–Crippen MR) is 66.6 cm³/mol. The summed E-state index contributed by atoms with van der Waals surface area (Å²) in [5.74, 6) is 0. The quantitative estimate of drug-likeness (QED) is 0.903. The summed E-state index contributed by atoms with van der Waals surface area (Å²) in [5.41, 5.74) is 0. The maximum atomic E-state index is 12.2. The minimum Gasteiger partial charge on any atom is -0.317 e. The normalized spacial score (nSPS) is 26.8. The van der Waals surface area contributed by atoms with Crippen molar-refractivity contribution in [3.8, 4) is 0 Å². The van der Waals surface area contributed by atoms with Crippen LogP contribution in [0.2, 0.25) is 0 Å². The fourth-order valence-corrected chi connectivity index (χ4v) is 5.30. The average molecular weight is 259 g/mol. The summed E-state index contributed by atoms with van der Waals surface area (Å²) in [6.07, 6.45) is 3.50. The lowest BCUT2D eigenvalue weighted by Gasteiger charge is -2.27. The molecule has 1 aromatic rings. The van der Waals surface area contributed by atoms with Crippen molar-refractivity contribution >= 4 is 21.2 Å². The molecule has 0 atom stereocenters. The Kier molecular flexibility index (Phi) is 3.66. The highest BCUT2D eigenvalue weighted by atomic mass is 32.2. The molecule has 0 unspecified atom stereocenters. The molecule has 0 aliphatic heterocycles. The minimum atomic E-state index is -3.06. The van der Waals surface area contributed by atoms with E-state index in [1.807, 2.05) is 12.4 Å². The third-order valence-corrected chi connectivity index (χ3v) is 6.99. The highest BCUT2D eigenvalue weighted by Gasteiger charge is 2.32. The van der Waals surface area contributed by atoms with Crippen LogP contribution in [0.4, 0.5) is 0 Å². The Labute approximate surface area is 101 Å². The summed E-state index contributed by atoms with van der Waals surface area (Å²) in [5, 5.41) is 4.87. The minimum absolute atomic E-state index is 0.171. The molecule has 1 saturated carbocycles. The molecule has 2 rings (SSSR count). The van der Waals surface area contributed by atoms with E-state index in [4.69, 9.17) is 0 Å². The zero-order valence-electron chi connectivity index (χ0n) is 9.35.